The molecular weight excluding hydrogens is 582 g/mol. The van der Waals surface area contributed by atoms with Gasteiger partial charge in [-0.25, -0.2) is 0 Å². The second-order valence-corrected chi connectivity index (χ2v) is 14.9. The van der Waals surface area contributed by atoms with Gasteiger partial charge in [-0.3, -0.25) is 9.69 Å². The number of benzene rings is 3. The molecule has 9 rings (SSSR count). The SMILES string of the molecule is CCOc1cccc(-c2ccc(CN3CCN(c4ccc(C(=O)N(C)CC56CC7CC(CC(C7)C5)C6)nn4)CC3)c3ccccc23)c1. The van der Waals surface area contributed by atoms with Crippen LogP contribution in [0.5, 0.6) is 5.75 Å². The van der Waals surface area contributed by atoms with Crippen LogP contribution >= 0.6 is 0 Å². The molecule has 4 aliphatic carbocycles. The molecule has 3 aromatic carbocycles. The predicted molar refractivity (Wildman–Crippen MR) is 188 cm³/mol. The first kappa shape index (κ1) is 30.4. The number of hydrogen-bond acceptors (Lipinski definition) is 6. The lowest BCUT2D eigenvalue weighted by molar-refractivity contribution is -0.0629. The minimum absolute atomic E-state index is 0.00450. The molecule has 7 heteroatoms. The number of hydrogen-bond donors (Lipinski definition) is 0. The van der Waals surface area contributed by atoms with E-state index in [2.05, 4.69) is 74.6 Å². The van der Waals surface area contributed by atoms with Crippen molar-refractivity contribution < 1.29 is 9.53 Å². The van der Waals surface area contributed by atoms with Gasteiger partial charge in [0.2, 0.25) is 0 Å². The Balaban J connectivity index is 0.889. The topological polar surface area (TPSA) is 61.8 Å². The molecule has 5 fully saturated rings. The van der Waals surface area contributed by atoms with E-state index < -0.39 is 0 Å². The fourth-order valence-corrected chi connectivity index (χ4v) is 9.91. The lowest BCUT2D eigenvalue weighted by atomic mass is 9.49. The lowest BCUT2D eigenvalue weighted by Gasteiger charge is -2.57. The maximum absolute atomic E-state index is 13.4. The predicted octanol–water partition coefficient (Wildman–Crippen LogP) is 7.31. The van der Waals surface area contributed by atoms with E-state index in [1.807, 2.05) is 37.1 Å². The molecule has 4 aromatic rings. The molecule has 1 saturated heterocycles. The summed E-state index contributed by atoms with van der Waals surface area (Å²) in [4.78, 5) is 20.2. The van der Waals surface area contributed by atoms with E-state index in [1.165, 1.54) is 66.0 Å². The van der Waals surface area contributed by atoms with Gasteiger partial charge in [0.05, 0.1) is 6.61 Å². The van der Waals surface area contributed by atoms with Crippen LogP contribution in [0, 0.1) is 23.2 Å². The number of anilines is 1. The molecule has 1 aromatic heterocycles. The minimum Gasteiger partial charge on any atom is -0.494 e. The van der Waals surface area contributed by atoms with Gasteiger partial charge in [-0.05, 0) is 120 Å². The van der Waals surface area contributed by atoms with E-state index in [0.717, 1.165) is 68.6 Å². The molecule has 0 unspecified atom stereocenters. The van der Waals surface area contributed by atoms with Gasteiger partial charge in [-0.2, -0.15) is 0 Å². The number of carbonyl (C=O) groups excluding carboxylic acids is 1. The second-order valence-electron chi connectivity index (χ2n) is 14.9. The number of nitrogens with zero attached hydrogens (tertiary/aromatic N) is 5. The van der Waals surface area contributed by atoms with Crippen molar-refractivity contribution in [3.05, 3.63) is 84.1 Å². The largest absolute Gasteiger partial charge is 0.494 e. The van der Waals surface area contributed by atoms with Crippen LogP contribution in [-0.2, 0) is 6.54 Å². The highest BCUT2D eigenvalue weighted by molar-refractivity contribution is 5.98. The summed E-state index contributed by atoms with van der Waals surface area (Å²) in [5.41, 5.74) is 4.54. The molecule has 7 nitrogen and oxygen atoms in total. The van der Waals surface area contributed by atoms with E-state index in [4.69, 9.17) is 4.74 Å². The summed E-state index contributed by atoms with van der Waals surface area (Å²) in [7, 11) is 1.96. The zero-order chi connectivity index (χ0) is 32.0. The summed E-state index contributed by atoms with van der Waals surface area (Å²) in [5.74, 6) is 4.43. The van der Waals surface area contributed by atoms with E-state index in [-0.39, 0.29) is 5.91 Å². The van der Waals surface area contributed by atoms with Gasteiger partial charge in [0.25, 0.3) is 5.91 Å². The van der Waals surface area contributed by atoms with Crippen LogP contribution in [0.25, 0.3) is 21.9 Å². The van der Waals surface area contributed by atoms with Crippen LogP contribution in [0.1, 0.15) is 61.5 Å². The average molecular weight is 630 g/mol. The number of fused-ring (bicyclic) bond motifs is 1. The Kier molecular flexibility index (Phi) is 8.12. The van der Waals surface area contributed by atoms with Crippen LogP contribution in [0.15, 0.2) is 72.8 Å². The van der Waals surface area contributed by atoms with Gasteiger partial charge in [0.15, 0.2) is 11.5 Å². The second kappa shape index (κ2) is 12.6. The Labute approximate surface area is 278 Å². The van der Waals surface area contributed by atoms with Crippen LogP contribution in [-0.4, -0.2) is 72.3 Å². The smallest absolute Gasteiger partial charge is 0.274 e. The Bertz CT molecular complexity index is 1710. The molecular formula is C40H47N5O2. The van der Waals surface area contributed by atoms with Gasteiger partial charge in [0, 0.05) is 46.3 Å². The highest BCUT2D eigenvalue weighted by Gasteiger charge is 2.51. The molecule has 0 N–H and O–H groups in total. The quantitative estimate of drug-likeness (QED) is 0.194. The summed E-state index contributed by atoms with van der Waals surface area (Å²) < 4.78 is 5.78. The van der Waals surface area contributed by atoms with Crippen LogP contribution in [0.4, 0.5) is 5.82 Å². The molecule has 47 heavy (non-hydrogen) atoms. The molecule has 4 bridgehead atoms. The summed E-state index contributed by atoms with van der Waals surface area (Å²) in [6.45, 7) is 8.11. The zero-order valence-corrected chi connectivity index (χ0v) is 27.9. The Morgan fingerprint density at radius 3 is 2.26 bits per heavy atom. The maximum atomic E-state index is 13.4. The first-order chi connectivity index (χ1) is 22.9. The molecule has 0 spiro atoms. The molecule has 5 aliphatic rings. The fourth-order valence-electron chi connectivity index (χ4n) is 9.91. The summed E-state index contributed by atoms with van der Waals surface area (Å²) in [5, 5.41) is 11.5. The van der Waals surface area contributed by atoms with Crippen LogP contribution in [0.2, 0.25) is 0 Å². The lowest BCUT2D eigenvalue weighted by Crippen LogP contribution is -2.51. The van der Waals surface area contributed by atoms with E-state index in [0.29, 0.717) is 17.7 Å². The number of ether oxygens (including phenoxy) is 1. The first-order valence-electron chi connectivity index (χ1n) is 17.8. The molecule has 0 radical (unpaired) electrons. The molecule has 244 valence electrons. The molecule has 1 aliphatic heterocycles. The first-order valence-corrected chi connectivity index (χ1v) is 17.8. The third-order valence-corrected chi connectivity index (χ3v) is 11.5. The van der Waals surface area contributed by atoms with Crippen molar-refractivity contribution in [3.8, 4) is 16.9 Å². The molecule has 2 heterocycles. The summed E-state index contributed by atoms with van der Waals surface area (Å²) in [6.07, 6.45) is 8.18. The number of rotatable bonds is 9. The van der Waals surface area contributed by atoms with Crippen LogP contribution in [0.3, 0.4) is 0 Å². The summed E-state index contributed by atoms with van der Waals surface area (Å²) in [6, 6.07) is 25.5. The van der Waals surface area contributed by atoms with Gasteiger partial charge in [-0.15, -0.1) is 10.2 Å². The Hall–Kier alpha value is -3.97. The average Bonchev–Trinajstić information content (AvgIpc) is 3.08. The van der Waals surface area contributed by atoms with Gasteiger partial charge < -0.3 is 14.5 Å². The number of amides is 1. The fraction of sp³-hybridized carbons (Fsp3) is 0.475. The normalized spacial score (nSPS) is 25.3. The van der Waals surface area contributed by atoms with E-state index in [9.17, 15) is 4.79 Å². The van der Waals surface area contributed by atoms with Gasteiger partial charge >= 0.3 is 0 Å². The van der Waals surface area contributed by atoms with Crippen molar-refractivity contribution in [2.24, 2.45) is 23.2 Å². The standard InChI is InChI=1S/C40H47N5O2/c1-3-47-33-8-6-7-31(22-33)35-12-11-32(34-9-4-5-10-36(34)35)26-44-15-17-45(18-16-44)38-14-13-37(41-42-38)39(46)43(2)27-40-23-28-19-29(24-40)21-30(20-28)25-40/h4-14,22,28-30H,3,15-21,23-27H2,1-2H3. The number of piperazine rings is 1. The highest BCUT2D eigenvalue weighted by Crippen LogP contribution is 2.60. The van der Waals surface area contributed by atoms with E-state index in [1.54, 1.807) is 0 Å². The highest BCUT2D eigenvalue weighted by atomic mass is 16.5. The van der Waals surface area contributed by atoms with Crippen molar-refractivity contribution in [2.45, 2.75) is 52.0 Å². The number of aromatic nitrogens is 2. The van der Waals surface area contributed by atoms with Crippen molar-refractivity contribution in [2.75, 3.05) is 51.3 Å². The van der Waals surface area contributed by atoms with E-state index >= 15 is 0 Å². The summed E-state index contributed by atoms with van der Waals surface area (Å²) >= 11 is 0. The third-order valence-electron chi connectivity index (χ3n) is 11.5. The van der Waals surface area contributed by atoms with Crippen molar-refractivity contribution in [1.29, 1.82) is 0 Å². The van der Waals surface area contributed by atoms with Gasteiger partial charge in [-0.1, -0.05) is 48.5 Å². The Morgan fingerprint density at radius 2 is 1.57 bits per heavy atom. The van der Waals surface area contributed by atoms with Crippen molar-refractivity contribution >= 4 is 22.5 Å². The third kappa shape index (κ3) is 6.11. The molecule has 0 atom stereocenters. The van der Waals surface area contributed by atoms with Crippen molar-refractivity contribution in [1.82, 2.24) is 20.0 Å². The minimum atomic E-state index is 0.00450. The van der Waals surface area contributed by atoms with Gasteiger partial charge in [0.1, 0.15) is 5.75 Å². The van der Waals surface area contributed by atoms with Crippen LogP contribution < -0.4 is 9.64 Å². The maximum Gasteiger partial charge on any atom is 0.274 e. The molecule has 1 amide bonds. The monoisotopic (exact) mass is 629 g/mol. The Morgan fingerprint density at radius 1 is 0.851 bits per heavy atom. The molecule has 4 saturated carbocycles. The number of carbonyl (C=O) groups is 1. The zero-order valence-electron chi connectivity index (χ0n) is 27.9. The van der Waals surface area contributed by atoms with Crippen molar-refractivity contribution in [3.63, 3.8) is 0 Å².